The van der Waals surface area contributed by atoms with Gasteiger partial charge in [-0.15, -0.1) is 0 Å². The summed E-state index contributed by atoms with van der Waals surface area (Å²) in [5.41, 5.74) is 7.17. The number of primary amides is 1. The van der Waals surface area contributed by atoms with Crippen LogP contribution in [-0.2, 0) is 24.3 Å². The van der Waals surface area contributed by atoms with Gasteiger partial charge < -0.3 is 21.1 Å². The zero-order valence-electron chi connectivity index (χ0n) is 19.9. The molecule has 192 valence electrons. The summed E-state index contributed by atoms with van der Waals surface area (Å²) in [5, 5.41) is 9.25. The van der Waals surface area contributed by atoms with Crippen LogP contribution in [0.15, 0.2) is 54.7 Å². The molecule has 0 unspecified atom stereocenters. The molecule has 1 aliphatic heterocycles. The largest absolute Gasteiger partial charge is 0.486 e. The van der Waals surface area contributed by atoms with Crippen molar-refractivity contribution in [1.29, 1.82) is 0 Å². The van der Waals surface area contributed by atoms with Gasteiger partial charge in [0.25, 0.3) is 11.8 Å². The second kappa shape index (κ2) is 10.1. The van der Waals surface area contributed by atoms with Crippen LogP contribution in [0, 0.1) is 5.82 Å². The Kier molecular flexibility index (Phi) is 6.52. The molecule has 0 aliphatic carbocycles. The second-order valence-corrected chi connectivity index (χ2v) is 8.63. The molecule has 0 radical (unpaired) electrons. The molecule has 0 fully saturated rings. The zero-order chi connectivity index (χ0) is 26.8. The minimum atomic E-state index is -0.796. The number of ketones is 1. The maximum Gasteiger partial charge on any atom is 0.270 e. The van der Waals surface area contributed by atoms with Gasteiger partial charge in [0.15, 0.2) is 17.2 Å². The van der Waals surface area contributed by atoms with Crippen LogP contribution in [0.5, 0.6) is 5.75 Å². The molecule has 1 aliphatic rings. The smallest absolute Gasteiger partial charge is 0.270 e. The van der Waals surface area contributed by atoms with Crippen LogP contribution in [0.1, 0.15) is 48.0 Å². The van der Waals surface area contributed by atoms with E-state index in [1.54, 1.807) is 30.3 Å². The van der Waals surface area contributed by atoms with Gasteiger partial charge in [-0.25, -0.2) is 13.9 Å². The molecule has 3 heterocycles. The Labute approximate surface area is 214 Å². The molecule has 0 saturated heterocycles. The van der Waals surface area contributed by atoms with E-state index in [1.807, 2.05) is 0 Å². The number of carbonyl (C=O) groups excluding carboxylic acids is 4. The van der Waals surface area contributed by atoms with Crippen molar-refractivity contribution in [1.82, 2.24) is 25.2 Å². The number of hydrogen-bond donors (Lipinski definition) is 3. The first kappa shape index (κ1) is 24.6. The first-order chi connectivity index (χ1) is 18.3. The lowest BCUT2D eigenvalue weighted by Gasteiger charge is -2.17. The van der Waals surface area contributed by atoms with Crippen molar-refractivity contribution in [2.75, 3.05) is 6.61 Å². The van der Waals surface area contributed by atoms with E-state index >= 15 is 0 Å². The number of rotatable bonds is 7. The fraction of sp³-hybridized carbons (Fsp3) is 0.154. The molecule has 12 heteroatoms. The molecule has 4 aromatic rings. The minimum Gasteiger partial charge on any atom is -0.486 e. The van der Waals surface area contributed by atoms with Crippen molar-refractivity contribution in [3.63, 3.8) is 0 Å². The predicted molar refractivity (Wildman–Crippen MR) is 131 cm³/mol. The molecular formula is C26H21FN6O5. The number of nitrogens with zero attached hydrogens (tertiary/aromatic N) is 3. The Morgan fingerprint density at radius 3 is 2.47 bits per heavy atom. The first-order valence-electron chi connectivity index (χ1n) is 11.5. The third-order valence-electron chi connectivity index (χ3n) is 5.94. The van der Waals surface area contributed by atoms with E-state index in [1.165, 1.54) is 18.2 Å². The monoisotopic (exact) mass is 516 g/mol. The highest BCUT2D eigenvalue weighted by atomic mass is 19.1. The molecule has 0 spiro atoms. The number of fused-ring (bicyclic) bond motifs is 2. The summed E-state index contributed by atoms with van der Waals surface area (Å²) >= 11 is 0. The van der Waals surface area contributed by atoms with E-state index in [2.05, 4.69) is 20.7 Å². The van der Waals surface area contributed by atoms with Crippen LogP contribution in [0.3, 0.4) is 0 Å². The Hall–Kier alpha value is -5.13. The Morgan fingerprint density at radius 1 is 1.00 bits per heavy atom. The highest BCUT2D eigenvalue weighted by Crippen LogP contribution is 2.24. The summed E-state index contributed by atoms with van der Waals surface area (Å²) in [5.74, 6) is -2.02. The number of Topliss-reactive ketones (excluding diaryl/α,β-unsaturated/α-hetero) is 1. The highest BCUT2D eigenvalue weighted by molar-refractivity contribution is 5.98. The zero-order valence-corrected chi connectivity index (χ0v) is 19.9. The van der Waals surface area contributed by atoms with E-state index in [4.69, 9.17) is 10.5 Å². The molecule has 2 aromatic heterocycles. The fourth-order valence-electron chi connectivity index (χ4n) is 3.99. The number of nitrogens with one attached hydrogen (secondary N) is 2. The highest BCUT2D eigenvalue weighted by Gasteiger charge is 2.21. The molecule has 38 heavy (non-hydrogen) atoms. The molecule has 4 N–H and O–H groups in total. The number of halogens is 1. The molecule has 0 saturated carbocycles. The summed E-state index contributed by atoms with van der Waals surface area (Å²) in [6.07, 6.45) is 1.16. The van der Waals surface area contributed by atoms with Gasteiger partial charge in [0.05, 0.1) is 6.20 Å². The Bertz CT molecular complexity index is 1600. The van der Waals surface area contributed by atoms with Crippen LogP contribution in [-0.4, -0.2) is 44.7 Å². The standard InChI is InChI=1S/C26H21FN6O5/c27-19-12-31-33-21(26(37)30-10-14-1-4-16(5-2-14)23(28)35)9-20(32-24(19)33)25(36)29-11-15-3-6-22-17(7-15)8-18(34)13-38-22/h1-7,9,12H,8,10-11,13H2,(H2,28,35)(H,29,36)(H,30,37). The summed E-state index contributed by atoms with van der Waals surface area (Å²) in [6, 6.07) is 12.8. The van der Waals surface area contributed by atoms with Gasteiger partial charge in [0.1, 0.15) is 23.7 Å². The molecule has 3 amide bonds. The van der Waals surface area contributed by atoms with Crippen LogP contribution < -0.4 is 21.1 Å². The number of aromatic nitrogens is 3. The summed E-state index contributed by atoms with van der Waals surface area (Å²) in [7, 11) is 0. The van der Waals surface area contributed by atoms with Crippen molar-refractivity contribution in [2.45, 2.75) is 19.5 Å². The van der Waals surface area contributed by atoms with Crippen LogP contribution in [0.4, 0.5) is 4.39 Å². The van der Waals surface area contributed by atoms with E-state index in [0.717, 1.165) is 21.8 Å². The maximum atomic E-state index is 14.3. The number of benzene rings is 2. The van der Waals surface area contributed by atoms with E-state index in [0.29, 0.717) is 16.9 Å². The third kappa shape index (κ3) is 5.05. The van der Waals surface area contributed by atoms with Crippen LogP contribution in [0.2, 0.25) is 0 Å². The van der Waals surface area contributed by atoms with Gasteiger partial charge in [0.2, 0.25) is 5.91 Å². The summed E-state index contributed by atoms with van der Waals surface area (Å²) in [4.78, 5) is 52.8. The number of ether oxygens (including phenoxy) is 1. The van der Waals surface area contributed by atoms with Crippen molar-refractivity contribution in [2.24, 2.45) is 5.73 Å². The minimum absolute atomic E-state index is 0.0347. The van der Waals surface area contributed by atoms with Gasteiger partial charge in [-0.1, -0.05) is 18.2 Å². The molecule has 0 atom stereocenters. The number of carbonyl (C=O) groups is 4. The lowest BCUT2D eigenvalue weighted by atomic mass is 10.0. The fourth-order valence-corrected chi connectivity index (χ4v) is 3.99. The molecular weight excluding hydrogens is 495 g/mol. The van der Waals surface area contributed by atoms with Gasteiger partial charge in [0, 0.05) is 36.7 Å². The predicted octanol–water partition coefficient (Wildman–Crippen LogP) is 1.33. The second-order valence-electron chi connectivity index (χ2n) is 8.63. The lowest BCUT2D eigenvalue weighted by Crippen LogP contribution is -2.28. The normalized spacial score (nSPS) is 12.5. The average Bonchev–Trinajstić information content (AvgIpc) is 3.30. The summed E-state index contributed by atoms with van der Waals surface area (Å²) in [6.45, 7) is 0.245. The Morgan fingerprint density at radius 2 is 1.71 bits per heavy atom. The van der Waals surface area contributed by atoms with E-state index in [9.17, 15) is 23.6 Å². The molecule has 0 bridgehead atoms. The van der Waals surface area contributed by atoms with Gasteiger partial charge in [-0.3, -0.25) is 19.2 Å². The van der Waals surface area contributed by atoms with Crippen molar-refractivity contribution < 1.29 is 28.3 Å². The van der Waals surface area contributed by atoms with Gasteiger partial charge >= 0.3 is 0 Å². The third-order valence-corrected chi connectivity index (χ3v) is 5.94. The van der Waals surface area contributed by atoms with E-state index in [-0.39, 0.29) is 48.9 Å². The quantitative estimate of drug-likeness (QED) is 0.334. The molecule has 2 aromatic carbocycles. The first-order valence-corrected chi connectivity index (χ1v) is 11.5. The SMILES string of the molecule is NC(=O)c1ccc(CNC(=O)c2cc(C(=O)NCc3ccc4c(c3)CC(=O)CO4)nc3c(F)cnn23)cc1. The van der Waals surface area contributed by atoms with Crippen molar-refractivity contribution in [3.8, 4) is 5.75 Å². The number of amides is 3. The molecule has 5 rings (SSSR count). The topological polar surface area (TPSA) is 158 Å². The van der Waals surface area contributed by atoms with Gasteiger partial charge in [-0.05, 0) is 35.4 Å². The average molecular weight is 516 g/mol. The maximum absolute atomic E-state index is 14.3. The molecule has 11 nitrogen and oxygen atoms in total. The number of nitrogens with two attached hydrogens (primary N) is 1. The Balaban J connectivity index is 1.32. The van der Waals surface area contributed by atoms with Crippen LogP contribution in [0.25, 0.3) is 5.65 Å². The van der Waals surface area contributed by atoms with Crippen LogP contribution >= 0.6 is 0 Å². The summed E-state index contributed by atoms with van der Waals surface area (Å²) < 4.78 is 20.7. The van der Waals surface area contributed by atoms with Crippen molar-refractivity contribution in [3.05, 3.63) is 94.2 Å². The lowest BCUT2D eigenvalue weighted by molar-refractivity contribution is -0.121. The number of hydrogen-bond acceptors (Lipinski definition) is 7. The van der Waals surface area contributed by atoms with Gasteiger partial charge in [-0.2, -0.15) is 5.10 Å². The van der Waals surface area contributed by atoms with Crippen molar-refractivity contribution >= 4 is 29.2 Å². The van der Waals surface area contributed by atoms with E-state index < -0.39 is 23.5 Å².